The number of carbonyl (C=O) groups is 1. The van der Waals surface area contributed by atoms with Crippen molar-refractivity contribution in [3.05, 3.63) is 18.1 Å². The lowest BCUT2D eigenvalue weighted by molar-refractivity contribution is -0.130. The van der Waals surface area contributed by atoms with Crippen molar-refractivity contribution >= 4 is 11.7 Å². The number of nitrogens with one attached hydrogen (secondary N) is 2. The van der Waals surface area contributed by atoms with E-state index in [9.17, 15) is 15.3 Å². The van der Waals surface area contributed by atoms with Crippen molar-refractivity contribution in [3.8, 4) is 12.1 Å². The lowest BCUT2D eigenvalue weighted by atomic mass is 9.51. The molecule has 4 aliphatic carbocycles. The summed E-state index contributed by atoms with van der Waals surface area (Å²) in [6.07, 6.45) is 11.7. The minimum Gasteiger partial charge on any atom is -0.362 e. The van der Waals surface area contributed by atoms with Gasteiger partial charge in [0.15, 0.2) is 11.5 Å². The van der Waals surface area contributed by atoms with Gasteiger partial charge in [-0.05, 0) is 68.6 Å². The Kier molecular flexibility index (Phi) is 3.92. The molecule has 160 valence electrons. The van der Waals surface area contributed by atoms with Crippen molar-refractivity contribution in [3.63, 3.8) is 0 Å². The molecule has 8 heteroatoms. The van der Waals surface area contributed by atoms with Crippen LogP contribution >= 0.6 is 0 Å². The third-order valence-corrected chi connectivity index (χ3v) is 9.09. The first kappa shape index (κ1) is 19.0. The molecule has 4 saturated carbocycles. The van der Waals surface area contributed by atoms with Crippen LogP contribution in [-0.4, -0.2) is 51.0 Å². The summed E-state index contributed by atoms with van der Waals surface area (Å²) in [5, 5.41) is 26.1. The maximum absolute atomic E-state index is 12.8. The average molecular weight is 418 g/mol. The highest BCUT2D eigenvalue weighted by atomic mass is 16.2. The lowest BCUT2D eigenvalue weighted by Gasteiger charge is -2.59. The molecule has 1 saturated heterocycles. The predicted octanol–water partition coefficient (Wildman–Crippen LogP) is 1.96. The highest BCUT2D eigenvalue weighted by Gasteiger charge is 2.77. The van der Waals surface area contributed by atoms with Crippen molar-refractivity contribution < 1.29 is 4.79 Å². The fourth-order valence-electron chi connectivity index (χ4n) is 8.20. The zero-order valence-corrected chi connectivity index (χ0v) is 17.6. The molecule has 31 heavy (non-hydrogen) atoms. The van der Waals surface area contributed by atoms with Crippen LogP contribution in [0.25, 0.3) is 0 Å². The third-order valence-electron chi connectivity index (χ3n) is 9.09. The minimum absolute atomic E-state index is 0.00520. The van der Waals surface area contributed by atoms with Crippen molar-refractivity contribution in [2.45, 2.75) is 68.5 Å². The molecule has 5 fully saturated rings. The van der Waals surface area contributed by atoms with Crippen molar-refractivity contribution in [1.29, 1.82) is 10.5 Å². The van der Waals surface area contributed by atoms with Crippen LogP contribution in [0, 0.1) is 39.9 Å². The number of likely N-dealkylation sites (tertiary alicyclic amines) is 1. The zero-order valence-electron chi connectivity index (χ0n) is 17.6. The number of amides is 1. The number of rotatable bonds is 5. The van der Waals surface area contributed by atoms with Gasteiger partial charge in [0.2, 0.25) is 5.91 Å². The summed E-state index contributed by atoms with van der Waals surface area (Å²) in [6.45, 7) is 1.03. The van der Waals surface area contributed by atoms with Gasteiger partial charge in [-0.2, -0.15) is 10.5 Å². The number of aromatic nitrogens is 2. The molecule has 1 aliphatic heterocycles. The van der Waals surface area contributed by atoms with Crippen molar-refractivity contribution in [1.82, 2.24) is 20.2 Å². The summed E-state index contributed by atoms with van der Waals surface area (Å²) in [5.41, 5.74) is 0.600. The van der Waals surface area contributed by atoms with E-state index in [2.05, 4.69) is 32.7 Å². The van der Waals surface area contributed by atoms with Crippen LogP contribution in [0.4, 0.5) is 5.82 Å². The van der Waals surface area contributed by atoms with Gasteiger partial charge in [0.05, 0.1) is 12.6 Å². The van der Waals surface area contributed by atoms with Gasteiger partial charge < -0.3 is 15.5 Å². The number of nitrogens with zero attached hydrogens (tertiary/aromatic N) is 5. The van der Waals surface area contributed by atoms with E-state index in [1.54, 1.807) is 17.3 Å². The molecule has 1 amide bonds. The highest BCUT2D eigenvalue weighted by molar-refractivity contribution is 5.79. The van der Waals surface area contributed by atoms with Crippen LogP contribution < -0.4 is 10.6 Å². The molecule has 2 N–H and O–H groups in total. The number of hydrogen-bond acceptors (Lipinski definition) is 7. The molecule has 6 rings (SSSR count). The van der Waals surface area contributed by atoms with Crippen LogP contribution in [0.2, 0.25) is 0 Å². The predicted molar refractivity (Wildman–Crippen MR) is 111 cm³/mol. The number of fused-ring (bicyclic) bond motifs is 2. The van der Waals surface area contributed by atoms with E-state index in [4.69, 9.17) is 0 Å². The molecule has 6 atom stereocenters. The second-order valence-electron chi connectivity index (χ2n) is 10.5. The van der Waals surface area contributed by atoms with E-state index in [1.807, 2.05) is 0 Å². The number of carbonyl (C=O) groups excluding carboxylic acids is 1. The first-order chi connectivity index (χ1) is 15.0. The van der Waals surface area contributed by atoms with Gasteiger partial charge >= 0.3 is 0 Å². The Morgan fingerprint density at radius 3 is 2.90 bits per heavy atom. The summed E-state index contributed by atoms with van der Waals surface area (Å²) in [4.78, 5) is 23.2. The summed E-state index contributed by atoms with van der Waals surface area (Å²) in [6, 6.07) is 4.18. The fraction of sp³-hybridized carbons (Fsp3) is 0.696. The molecule has 8 nitrogen and oxygen atoms in total. The van der Waals surface area contributed by atoms with Crippen LogP contribution in [0.5, 0.6) is 0 Å². The van der Waals surface area contributed by atoms with Crippen LogP contribution in [0.15, 0.2) is 12.4 Å². The van der Waals surface area contributed by atoms with E-state index in [1.165, 1.54) is 6.42 Å². The van der Waals surface area contributed by atoms with Crippen LogP contribution in [-0.2, 0) is 4.79 Å². The zero-order chi connectivity index (χ0) is 21.3. The topological polar surface area (TPSA) is 118 Å². The Morgan fingerprint density at radius 1 is 1.19 bits per heavy atom. The summed E-state index contributed by atoms with van der Waals surface area (Å²) in [7, 11) is 0. The molecule has 2 heterocycles. The van der Waals surface area contributed by atoms with E-state index in [-0.39, 0.29) is 28.4 Å². The average Bonchev–Trinajstić information content (AvgIpc) is 3.37. The molecule has 3 bridgehead atoms. The molecule has 5 unspecified atom stereocenters. The van der Waals surface area contributed by atoms with Crippen molar-refractivity contribution in [2.75, 3.05) is 18.4 Å². The Balaban J connectivity index is 1.20. The highest BCUT2D eigenvalue weighted by Crippen LogP contribution is 2.78. The summed E-state index contributed by atoms with van der Waals surface area (Å²) in [5.74, 6) is 1.95. The second-order valence-corrected chi connectivity index (χ2v) is 10.5. The monoisotopic (exact) mass is 417 g/mol. The van der Waals surface area contributed by atoms with Gasteiger partial charge in [-0.25, -0.2) is 9.97 Å². The number of anilines is 1. The molecular weight excluding hydrogens is 390 g/mol. The van der Waals surface area contributed by atoms with Gasteiger partial charge in [0, 0.05) is 30.0 Å². The van der Waals surface area contributed by atoms with Crippen LogP contribution in [0.3, 0.4) is 0 Å². The first-order valence-electron chi connectivity index (χ1n) is 11.5. The van der Waals surface area contributed by atoms with Gasteiger partial charge in [0.1, 0.15) is 12.1 Å². The molecule has 1 spiro atoms. The van der Waals surface area contributed by atoms with Gasteiger partial charge in [-0.15, -0.1) is 0 Å². The van der Waals surface area contributed by atoms with E-state index >= 15 is 0 Å². The SMILES string of the molecule is N#Cc1nccnc1NC12CC3CC4(NCC(=O)N5CCC[C@H]5C#N)CC(C1)C2(C3)C4. The standard InChI is InChI=1S/C23H27N7O/c24-11-17-2-1-5-30(17)19(31)13-28-21-6-15-7-22(14-21)16(9-21)10-23(22,8-15)29-20-18(12-25)26-3-4-27-20/h3-4,15-17,28H,1-2,5-10,13-14H2,(H,27,29)/t15?,16?,17-,21?,22?,23?/m0/s1. The van der Waals surface area contributed by atoms with Crippen LogP contribution in [0.1, 0.15) is 57.1 Å². The summed E-state index contributed by atoms with van der Waals surface area (Å²) >= 11 is 0. The van der Waals surface area contributed by atoms with Gasteiger partial charge in [0.25, 0.3) is 0 Å². The summed E-state index contributed by atoms with van der Waals surface area (Å²) < 4.78 is 0. The lowest BCUT2D eigenvalue weighted by Crippen LogP contribution is -2.62. The van der Waals surface area contributed by atoms with Gasteiger partial charge in [-0.1, -0.05) is 0 Å². The molecule has 1 aromatic heterocycles. The Bertz CT molecular complexity index is 1030. The number of hydrogen-bond donors (Lipinski definition) is 2. The van der Waals surface area contributed by atoms with Crippen molar-refractivity contribution in [2.24, 2.45) is 17.3 Å². The quantitative estimate of drug-likeness (QED) is 0.752. The fourth-order valence-corrected chi connectivity index (χ4v) is 8.20. The largest absolute Gasteiger partial charge is 0.362 e. The van der Waals surface area contributed by atoms with E-state index in [0.717, 1.165) is 44.9 Å². The molecule has 5 aliphatic rings. The molecule has 1 aromatic rings. The Hall–Kier alpha value is -2.71. The maximum Gasteiger partial charge on any atom is 0.237 e. The smallest absolute Gasteiger partial charge is 0.237 e. The number of nitriles is 2. The Labute approximate surface area is 182 Å². The second kappa shape index (κ2) is 6.40. The normalized spacial score (nSPS) is 41.4. The molecule has 0 aromatic carbocycles. The first-order valence-corrected chi connectivity index (χ1v) is 11.5. The van der Waals surface area contributed by atoms with Gasteiger partial charge in [-0.3, -0.25) is 4.79 Å². The third kappa shape index (κ3) is 2.52. The maximum atomic E-state index is 12.8. The van der Waals surface area contributed by atoms with E-state index < -0.39 is 0 Å². The van der Waals surface area contributed by atoms with E-state index in [0.29, 0.717) is 36.4 Å². The molecule has 0 radical (unpaired) electrons. The Morgan fingerprint density at radius 2 is 2.06 bits per heavy atom. The molecular formula is C23H27N7O. The minimum atomic E-state index is -0.258.